The Hall–Kier alpha value is -3.41. The second-order valence-electron chi connectivity index (χ2n) is 8.06. The van der Waals surface area contributed by atoms with Crippen molar-refractivity contribution in [3.63, 3.8) is 0 Å². The van der Waals surface area contributed by atoms with Gasteiger partial charge in [0.1, 0.15) is 12.1 Å². The Labute approximate surface area is 185 Å². The van der Waals surface area contributed by atoms with Gasteiger partial charge in [0.05, 0.1) is 11.6 Å². The Morgan fingerprint density at radius 1 is 1.31 bits per heavy atom. The monoisotopic (exact) mass is 434 g/mol. The number of hydrogen-bond acceptors (Lipinski definition) is 6. The molecule has 1 aliphatic rings. The van der Waals surface area contributed by atoms with E-state index in [1.165, 1.54) is 4.57 Å². The predicted molar refractivity (Wildman–Crippen MR) is 120 cm³/mol. The molecule has 1 saturated heterocycles. The summed E-state index contributed by atoms with van der Waals surface area (Å²) < 4.78 is 12.3. The fourth-order valence-electron chi connectivity index (χ4n) is 3.91. The smallest absolute Gasteiger partial charge is 0.408 e. The Balaban J connectivity index is 1.49. The third kappa shape index (κ3) is 4.59. The number of nitrogens with zero attached hydrogens (tertiary/aromatic N) is 2. The van der Waals surface area contributed by atoms with Gasteiger partial charge in [0.25, 0.3) is 5.91 Å². The molecule has 0 spiro atoms. The summed E-state index contributed by atoms with van der Waals surface area (Å²) in [6.45, 7) is 3.78. The predicted octanol–water partition coefficient (Wildman–Crippen LogP) is 2.04. The van der Waals surface area contributed by atoms with Crippen molar-refractivity contribution in [1.29, 1.82) is 5.26 Å². The van der Waals surface area contributed by atoms with E-state index in [2.05, 4.69) is 16.7 Å². The van der Waals surface area contributed by atoms with Gasteiger partial charge in [-0.2, -0.15) is 5.26 Å². The van der Waals surface area contributed by atoms with Crippen LogP contribution in [0.25, 0.3) is 22.2 Å². The zero-order valence-corrected chi connectivity index (χ0v) is 18.2. The maximum absolute atomic E-state index is 12.5. The Morgan fingerprint density at radius 3 is 2.88 bits per heavy atom. The molecule has 1 aromatic heterocycles. The first-order valence-electron chi connectivity index (χ1n) is 10.7. The van der Waals surface area contributed by atoms with E-state index in [1.807, 2.05) is 37.3 Å². The lowest BCUT2D eigenvalue weighted by Crippen LogP contribution is -2.46. The molecule has 0 aliphatic carbocycles. The van der Waals surface area contributed by atoms with Gasteiger partial charge in [0, 0.05) is 26.6 Å². The number of hydrogen-bond donors (Lipinski definition) is 2. The van der Waals surface area contributed by atoms with Crippen molar-refractivity contribution in [1.82, 2.24) is 15.2 Å². The summed E-state index contributed by atoms with van der Waals surface area (Å²) in [6, 6.07) is 13.2. The summed E-state index contributed by atoms with van der Waals surface area (Å²) in [4.78, 5) is 24.3. The van der Waals surface area contributed by atoms with E-state index in [0.717, 1.165) is 40.7 Å². The minimum Gasteiger partial charge on any atom is -0.408 e. The fourth-order valence-corrected chi connectivity index (χ4v) is 3.91. The van der Waals surface area contributed by atoms with E-state index >= 15 is 0 Å². The van der Waals surface area contributed by atoms with Crippen LogP contribution in [0.4, 0.5) is 0 Å². The van der Waals surface area contributed by atoms with Crippen LogP contribution in [0.2, 0.25) is 0 Å². The number of ether oxygens (including phenoxy) is 1. The number of benzene rings is 2. The molecular formula is C24H26N4O4. The molecule has 1 fully saturated rings. The Morgan fingerprint density at radius 2 is 2.09 bits per heavy atom. The molecule has 32 heavy (non-hydrogen) atoms. The molecule has 2 atom stereocenters. The van der Waals surface area contributed by atoms with Gasteiger partial charge in [-0.1, -0.05) is 24.3 Å². The van der Waals surface area contributed by atoms with Gasteiger partial charge in [-0.25, -0.2) is 4.79 Å². The summed E-state index contributed by atoms with van der Waals surface area (Å²) in [6.07, 6.45) is 0.690. The second kappa shape index (κ2) is 9.39. The fraction of sp³-hybridized carbons (Fsp3) is 0.375. The molecule has 2 heterocycles. The van der Waals surface area contributed by atoms with Gasteiger partial charge in [-0.3, -0.25) is 9.36 Å². The van der Waals surface area contributed by atoms with Crippen LogP contribution in [0, 0.1) is 18.3 Å². The van der Waals surface area contributed by atoms with E-state index in [9.17, 15) is 14.9 Å². The standard InChI is InChI=1S/C24H26N4O4/c1-15-10-17(18-6-7-21-20(12-18)28(2)24(30)32-21)5-4-16(15)11-19(13-25)27-23(29)22-14-26-8-3-9-31-22/h4-7,10,12,19,22,26H,3,8-9,11,14H2,1-2H3,(H,27,29)/t19?,22-/m1/s1. The highest BCUT2D eigenvalue weighted by molar-refractivity contribution is 5.82. The number of nitrogens with one attached hydrogen (secondary N) is 2. The topological polar surface area (TPSA) is 109 Å². The summed E-state index contributed by atoms with van der Waals surface area (Å²) in [5, 5.41) is 15.6. The molecule has 0 radical (unpaired) electrons. The van der Waals surface area contributed by atoms with Crippen LogP contribution in [0.1, 0.15) is 17.5 Å². The molecule has 8 heteroatoms. The Kier molecular flexibility index (Phi) is 6.40. The summed E-state index contributed by atoms with van der Waals surface area (Å²) >= 11 is 0. The highest BCUT2D eigenvalue weighted by Crippen LogP contribution is 2.26. The lowest BCUT2D eigenvalue weighted by molar-refractivity contribution is -0.132. The van der Waals surface area contributed by atoms with Gasteiger partial charge in [0.2, 0.25) is 0 Å². The van der Waals surface area contributed by atoms with Crippen molar-refractivity contribution in [3.8, 4) is 17.2 Å². The SMILES string of the molecule is Cc1cc(-c2ccc3oc(=O)n(C)c3c2)ccc1CC(C#N)NC(=O)[C@H]1CNCCCO1. The number of carbonyl (C=O) groups is 1. The average molecular weight is 434 g/mol. The highest BCUT2D eigenvalue weighted by Gasteiger charge is 2.23. The molecule has 166 valence electrons. The molecule has 2 N–H and O–H groups in total. The van der Waals surface area contributed by atoms with Crippen LogP contribution < -0.4 is 16.4 Å². The third-order valence-corrected chi connectivity index (χ3v) is 5.80. The van der Waals surface area contributed by atoms with Gasteiger partial charge in [0.15, 0.2) is 5.58 Å². The molecule has 2 aromatic carbocycles. The zero-order valence-electron chi connectivity index (χ0n) is 18.2. The van der Waals surface area contributed by atoms with Gasteiger partial charge < -0.3 is 19.8 Å². The third-order valence-electron chi connectivity index (χ3n) is 5.80. The van der Waals surface area contributed by atoms with Gasteiger partial charge in [-0.15, -0.1) is 0 Å². The van der Waals surface area contributed by atoms with Crippen molar-refractivity contribution >= 4 is 17.0 Å². The first kappa shape index (κ1) is 21.8. The molecule has 8 nitrogen and oxygen atoms in total. The van der Waals surface area contributed by atoms with Crippen LogP contribution in [0.5, 0.6) is 0 Å². The van der Waals surface area contributed by atoms with E-state index in [4.69, 9.17) is 9.15 Å². The molecule has 0 saturated carbocycles. The molecule has 1 amide bonds. The van der Waals surface area contributed by atoms with Crippen LogP contribution in [0.3, 0.4) is 0 Å². The molecular weight excluding hydrogens is 408 g/mol. The largest absolute Gasteiger partial charge is 0.419 e. The molecule has 1 aliphatic heterocycles. The maximum Gasteiger partial charge on any atom is 0.419 e. The zero-order chi connectivity index (χ0) is 22.7. The Bertz CT molecular complexity index is 1230. The first-order valence-corrected chi connectivity index (χ1v) is 10.7. The van der Waals surface area contributed by atoms with Crippen molar-refractivity contribution in [2.45, 2.75) is 31.9 Å². The average Bonchev–Trinajstić information content (AvgIpc) is 2.97. The lowest BCUT2D eigenvalue weighted by Gasteiger charge is -2.18. The molecule has 1 unspecified atom stereocenters. The highest BCUT2D eigenvalue weighted by atomic mass is 16.5. The van der Waals surface area contributed by atoms with Crippen LogP contribution in [-0.2, 0) is 23.0 Å². The maximum atomic E-state index is 12.5. The normalized spacial score (nSPS) is 17.5. The van der Waals surface area contributed by atoms with Crippen molar-refractivity contribution < 1.29 is 13.9 Å². The van der Waals surface area contributed by atoms with E-state index < -0.39 is 17.9 Å². The number of nitriles is 1. The van der Waals surface area contributed by atoms with E-state index in [-0.39, 0.29) is 5.91 Å². The number of aromatic nitrogens is 1. The first-order chi connectivity index (χ1) is 15.5. The minimum absolute atomic E-state index is 0.265. The number of fused-ring (bicyclic) bond motifs is 1. The number of oxazole rings is 1. The van der Waals surface area contributed by atoms with Crippen LogP contribution in [-0.4, -0.2) is 42.3 Å². The van der Waals surface area contributed by atoms with Crippen molar-refractivity contribution in [2.24, 2.45) is 7.05 Å². The number of amides is 1. The summed E-state index contributed by atoms with van der Waals surface area (Å²) in [7, 11) is 1.68. The van der Waals surface area contributed by atoms with Crippen molar-refractivity contribution in [2.75, 3.05) is 19.7 Å². The second-order valence-corrected chi connectivity index (χ2v) is 8.06. The number of rotatable bonds is 5. The lowest BCUT2D eigenvalue weighted by atomic mass is 9.96. The molecule has 0 bridgehead atoms. The summed E-state index contributed by atoms with van der Waals surface area (Å²) in [5.41, 5.74) is 5.25. The van der Waals surface area contributed by atoms with Crippen molar-refractivity contribution in [3.05, 3.63) is 58.1 Å². The van der Waals surface area contributed by atoms with Crippen LogP contribution >= 0.6 is 0 Å². The molecule has 3 aromatic rings. The molecule has 4 rings (SSSR count). The van der Waals surface area contributed by atoms with E-state index in [0.29, 0.717) is 25.2 Å². The summed E-state index contributed by atoms with van der Waals surface area (Å²) in [5.74, 6) is -0.655. The van der Waals surface area contributed by atoms with Gasteiger partial charge >= 0.3 is 5.76 Å². The minimum atomic E-state index is -0.643. The quantitative estimate of drug-likeness (QED) is 0.636. The number of carbonyl (C=O) groups excluding carboxylic acids is 1. The van der Waals surface area contributed by atoms with Crippen LogP contribution in [0.15, 0.2) is 45.6 Å². The van der Waals surface area contributed by atoms with E-state index in [1.54, 1.807) is 13.1 Å². The number of aryl methyl sites for hydroxylation is 2. The van der Waals surface area contributed by atoms with Gasteiger partial charge in [-0.05, 0) is 54.3 Å².